The maximum atomic E-state index is 12.6. The van der Waals surface area contributed by atoms with Crippen molar-refractivity contribution in [2.45, 2.75) is 33.8 Å². The summed E-state index contributed by atoms with van der Waals surface area (Å²) in [6.07, 6.45) is 2.76. The molecule has 36 heavy (non-hydrogen) atoms. The molecule has 0 saturated carbocycles. The maximum Gasteiger partial charge on any atom is 0.344 e. The van der Waals surface area contributed by atoms with Crippen LogP contribution in [0.1, 0.15) is 36.1 Å². The molecule has 6 heteroatoms. The van der Waals surface area contributed by atoms with Crippen LogP contribution in [0.2, 0.25) is 0 Å². The fraction of sp³-hybridized carbons (Fsp3) is 0.200. The summed E-state index contributed by atoms with van der Waals surface area (Å²) in [4.78, 5) is 17.8. The number of nitrogens with zero attached hydrogens (tertiary/aromatic N) is 1. The zero-order valence-corrected chi connectivity index (χ0v) is 21.5. The topological polar surface area (TPSA) is 68.1 Å². The van der Waals surface area contributed by atoms with E-state index in [9.17, 15) is 9.90 Å². The van der Waals surface area contributed by atoms with Gasteiger partial charge in [-0.15, -0.1) is 0 Å². The standard InChI is InChI=1S/C30H29NO4S/c1-4-21-9-13-24(14-10-21)31-29-27(30(33)34-5-2)28(32)26(36-29)18-22-11-15-25(16-12-22)35-19-23-8-6-7-20(3)17-23/h6-18,32H,4-5,19H2,1-3H3. The number of rotatable bonds is 8. The van der Waals surface area contributed by atoms with Crippen molar-refractivity contribution < 1.29 is 19.4 Å². The summed E-state index contributed by atoms with van der Waals surface area (Å²) in [5, 5.41) is 11.3. The lowest BCUT2D eigenvalue weighted by molar-refractivity contribution is -0.138. The Labute approximate surface area is 216 Å². The summed E-state index contributed by atoms with van der Waals surface area (Å²) in [7, 11) is 0. The highest BCUT2D eigenvalue weighted by Gasteiger charge is 2.33. The lowest BCUT2D eigenvalue weighted by atomic mass is 10.1. The van der Waals surface area contributed by atoms with Gasteiger partial charge in [-0.3, -0.25) is 0 Å². The molecule has 1 heterocycles. The number of ether oxygens (including phenoxy) is 2. The van der Waals surface area contributed by atoms with Crippen molar-refractivity contribution in [1.29, 1.82) is 0 Å². The second-order valence-electron chi connectivity index (χ2n) is 8.34. The van der Waals surface area contributed by atoms with Gasteiger partial charge in [-0.25, -0.2) is 9.79 Å². The van der Waals surface area contributed by atoms with E-state index in [0.29, 0.717) is 22.2 Å². The highest BCUT2D eigenvalue weighted by atomic mass is 32.2. The average Bonchev–Trinajstić information content (AvgIpc) is 3.18. The van der Waals surface area contributed by atoms with Gasteiger partial charge in [-0.1, -0.05) is 72.8 Å². The van der Waals surface area contributed by atoms with E-state index in [2.05, 4.69) is 31.0 Å². The summed E-state index contributed by atoms with van der Waals surface area (Å²) in [6.45, 7) is 6.58. The van der Waals surface area contributed by atoms with Crippen LogP contribution < -0.4 is 4.74 Å². The minimum atomic E-state index is -0.588. The van der Waals surface area contributed by atoms with Crippen LogP contribution in [0.4, 0.5) is 5.69 Å². The van der Waals surface area contributed by atoms with E-state index < -0.39 is 5.97 Å². The first kappa shape index (κ1) is 25.3. The lowest BCUT2D eigenvalue weighted by Gasteiger charge is -2.07. The zero-order chi connectivity index (χ0) is 25.5. The Morgan fingerprint density at radius 3 is 2.42 bits per heavy atom. The molecule has 1 aliphatic rings. The van der Waals surface area contributed by atoms with Crippen molar-refractivity contribution in [2.24, 2.45) is 4.99 Å². The first-order chi connectivity index (χ1) is 17.5. The average molecular weight is 500 g/mol. The van der Waals surface area contributed by atoms with Crippen LogP contribution in [0.15, 0.2) is 94.0 Å². The van der Waals surface area contributed by atoms with Gasteiger partial charge in [0.15, 0.2) is 0 Å². The van der Waals surface area contributed by atoms with Gasteiger partial charge >= 0.3 is 5.97 Å². The summed E-state index contributed by atoms with van der Waals surface area (Å²) in [5.74, 6) is 0.0411. The third-order valence-corrected chi connectivity index (χ3v) is 6.63. The quantitative estimate of drug-likeness (QED) is 0.329. The van der Waals surface area contributed by atoms with Crippen molar-refractivity contribution in [3.63, 3.8) is 0 Å². The van der Waals surface area contributed by atoms with Gasteiger partial charge in [0.1, 0.15) is 28.7 Å². The van der Waals surface area contributed by atoms with Crippen LogP contribution in [0, 0.1) is 6.92 Å². The number of carbonyl (C=O) groups is 1. The molecule has 184 valence electrons. The van der Waals surface area contributed by atoms with E-state index >= 15 is 0 Å². The number of aryl methyl sites for hydroxylation is 2. The molecular formula is C30H29NO4S. The fourth-order valence-electron chi connectivity index (χ4n) is 3.70. The predicted octanol–water partition coefficient (Wildman–Crippen LogP) is 7.33. The summed E-state index contributed by atoms with van der Waals surface area (Å²) in [6, 6.07) is 23.6. The molecule has 0 unspecified atom stereocenters. The minimum absolute atomic E-state index is 0.0887. The molecule has 0 fully saturated rings. The molecule has 3 aromatic carbocycles. The van der Waals surface area contributed by atoms with E-state index in [1.165, 1.54) is 22.9 Å². The molecule has 5 nitrogen and oxygen atoms in total. The fourth-order valence-corrected chi connectivity index (χ4v) is 4.73. The largest absolute Gasteiger partial charge is 0.506 e. The second kappa shape index (κ2) is 11.8. The smallest absolute Gasteiger partial charge is 0.344 e. The highest BCUT2D eigenvalue weighted by molar-refractivity contribution is 8.18. The number of hydrogen-bond donors (Lipinski definition) is 1. The maximum absolute atomic E-state index is 12.6. The molecular weight excluding hydrogens is 470 g/mol. The third kappa shape index (κ3) is 6.26. The number of aliphatic hydroxyl groups is 1. The lowest BCUT2D eigenvalue weighted by Crippen LogP contribution is -2.12. The van der Waals surface area contributed by atoms with Crippen LogP contribution in [-0.2, 0) is 22.6 Å². The second-order valence-corrected chi connectivity index (χ2v) is 9.37. The number of thioether (sulfide) groups is 1. The number of carbonyl (C=O) groups excluding carboxylic acids is 1. The molecule has 0 atom stereocenters. The third-order valence-electron chi connectivity index (χ3n) is 5.61. The van der Waals surface area contributed by atoms with Gasteiger partial charge in [0, 0.05) is 0 Å². The van der Waals surface area contributed by atoms with Gasteiger partial charge in [0.25, 0.3) is 0 Å². The molecule has 4 rings (SSSR count). The number of aliphatic hydroxyl groups excluding tert-OH is 1. The van der Waals surface area contributed by atoms with Gasteiger partial charge in [0.05, 0.1) is 17.2 Å². The van der Waals surface area contributed by atoms with Gasteiger partial charge in [0.2, 0.25) is 0 Å². The van der Waals surface area contributed by atoms with E-state index in [-0.39, 0.29) is 17.9 Å². The van der Waals surface area contributed by atoms with Crippen molar-refractivity contribution in [1.82, 2.24) is 0 Å². The van der Waals surface area contributed by atoms with Crippen LogP contribution >= 0.6 is 11.8 Å². The number of aliphatic imine (C=N–C) groups is 1. The Morgan fingerprint density at radius 1 is 1.00 bits per heavy atom. The van der Waals surface area contributed by atoms with Crippen LogP contribution in [0.3, 0.4) is 0 Å². The first-order valence-electron chi connectivity index (χ1n) is 11.9. The summed E-state index contributed by atoms with van der Waals surface area (Å²) in [5.41, 5.74) is 5.17. The van der Waals surface area contributed by atoms with Crippen LogP contribution in [-0.4, -0.2) is 22.7 Å². The van der Waals surface area contributed by atoms with Gasteiger partial charge in [-0.05, 0) is 67.3 Å². The normalized spacial score (nSPS) is 15.5. The zero-order valence-electron chi connectivity index (χ0n) is 20.7. The van der Waals surface area contributed by atoms with Gasteiger partial charge < -0.3 is 14.6 Å². The molecule has 0 bridgehead atoms. The Balaban J connectivity index is 1.54. The Kier molecular flexibility index (Phi) is 8.28. The summed E-state index contributed by atoms with van der Waals surface area (Å²) >= 11 is 1.25. The molecule has 0 radical (unpaired) electrons. The van der Waals surface area contributed by atoms with E-state index in [0.717, 1.165) is 23.3 Å². The Hall–Kier alpha value is -3.77. The molecule has 0 amide bonds. The van der Waals surface area contributed by atoms with Gasteiger partial charge in [-0.2, -0.15) is 0 Å². The van der Waals surface area contributed by atoms with Crippen LogP contribution in [0.5, 0.6) is 5.75 Å². The Bertz CT molecular complexity index is 1320. The SMILES string of the molecule is CCOC(=O)C1=C(O)C(=Cc2ccc(OCc3cccc(C)c3)cc2)SC1=Nc1ccc(CC)cc1. The van der Waals surface area contributed by atoms with Crippen molar-refractivity contribution in [3.8, 4) is 5.75 Å². The molecule has 1 aliphatic heterocycles. The predicted molar refractivity (Wildman–Crippen MR) is 147 cm³/mol. The molecule has 3 aromatic rings. The van der Waals surface area contributed by atoms with Crippen molar-refractivity contribution >= 4 is 34.5 Å². The minimum Gasteiger partial charge on any atom is -0.506 e. The monoisotopic (exact) mass is 499 g/mol. The van der Waals surface area contributed by atoms with E-state index in [1.807, 2.05) is 66.7 Å². The first-order valence-corrected chi connectivity index (χ1v) is 12.7. The molecule has 0 spiro atoms. The number of esters is 1. The summed E-state index contributed by atoms with van der Waals surface area (Å²) < 4.78 is 11.1. The highest BCUT2D eigenvalue weighted by Crippen LogP contribution is 2.40. The molecule has 0 saturated heterocycles. The van der Waals surface area contributed by atoms with E-state index in [1.54, 1.807) is 6.92 Å². The molecule has 0 aliphatic carbocycles. The van der Waals surface area contributed by atoms with Crippen molar-refractivity contribution in [2.75, 3.05) is 6.61 Å². The molecule has 0 aromatic heterocycles. The van der Waals surface area contributed by atoms with Crippen LogP contribution in [0.25, 0.3) is 6.08 Å². The van der Waals surface area contributed by atoms with E-state index in [4.69, 9.17) is 9.47 Å². The molecule has 1 N–H and O–H groups in total. The number of hydrogen-bond acceptors (Lipinski definition) is 6. The van der Waals surface area contributed by atoms with Crippen molar-refractivity contribution in [3.05, 3.63) is 111 Å². The Morgan fingerprint density at radius 2 is 1.75 bits per heavy atom. The number of benzene rings is 3.